The molecule has 0 spiro atoms. The molecule has 21 heavy (non-hydrogen) atoms. The van der Waals surface area contributed by atoms with Crippen LogP contribution in [0.4, 0.5) is 14.9 Å². The van der Waals surface area contributed by atoms with E-state index in [0.29, 0.717) is 18.8 Å². The van der Waals surface area contributed by atoms with Gasteiger partial charge in [0.2, 0.25) is 5.95 Å². The normalized spacial score (nSPS) is 10.4. The van der Waals surface area contributed by atoms with E-state index in [0.717, 1.165) is 18.6 Å². The highest BCUT2D eigenvalue weighted by molar-refractivity contribution is 5.89. The molecule has 6 heteroatoms. The van der Waals surface area contributed by atoms with Crippen LogP contribution in [0.15, 0.2) is 41.1 Å². The van der Waals surface area contributed by atoms with Gasteiger partial charge in [0.1, 0.15) is 5.76 Å². The van der Waals surface area contributed by atoms with Crippen molar-refractivity contribution in [3.63, 3.8) is 0 Å². The van der Waals surface area contributed by atoms with Gasteiger partial charge in [-0.1, -0.05) is 13.3 Å². The van der Waals surface area contributed by atoms with Gasteiger partial charge >= 0.3 is 6.03 Å². The second-order valence-corrected chi connectivity index (χ2v) is 4.65. The number of unbranched alkanes of at least 4 members (excludes halogenated alkanes) is 1. The molecule has 0 aliphatic heterocycles. The van der Waals surface area contributed by atoms with E-state index in [1.165, 1.54) is 18.3 Å². The molecule has 0 atom stereocenters. The first-order valence-corrected chi connectivity index (χ1v) is 6.89. The first kappa shape index (κ1) is 15.0. The van der Waals surface area contributed by atoms with Gasteiger partial charge < -0.3 is 14.6 Å². The fraction of sp³-hybridized carbons (Fsp3) is 0.333. The maximum Gasteiger partial charge on any atom is 0.322 e. The zero-order chi connectivity index (χ0) is 15.1. The van der Waals surface area contributed by atoms with Crippen LogP contribution in [0, 0.1) is 5.95 Å². The lowest BCUT2D eigenvalue weighted by Crippen LogP contribution is -2.35. The number of pyridine rings is 1. The third-order valence-electron chi connectivity index (χ3n) is 2.97. The van der Waals surface area contributed by atoms with Crippen LogP contribution in [0.1, 0.15) is 25.5 Å². The van der Waals surface area contributed by atoms with Crippen LogP contribution in [0.3, 0.4) is 0 Å². The van der Waals surface area contributed by atoms with E-state index in [2.05, 4.69) is 17.2 Å². The number of rotatable bonds is 6. The molecule has 0 aliphatic rings. The lowest BCUT2D eigenvalue weighted by atomic mass is 10.3. The Hall–Kier alpha value is -2.37. The van der Waals surface area contributed by atoms with Crippen molar-refractivity contribution in [2.75, 3.05) is 11.9 Å². The van der Waals surface area contributed by atoms with E-state index in [4.69, 9.17) is 4.42 Å². The van der Waals surface area contributed by atoms with Gasteiger partial charge in [-0.3, -0.25) is 0 Å². The second kappa shape index (κ2) is 7.42. The number of hydrogen-bond donors (Lipinski definition) is 1. The Balaban J connectivity index is 2.00. The zero-order valence-corrected chi connectivity index (χ0v) is 11.9. The molecule has 0 fully saturated rings. The van der Waals surface area contributed by atoms with Gasteiger partial charge in [-0.05, 0) is 30.7 Å². The molecule has 0 saturated heterocycles. The van der Waals surface area contributed by atoms with E-state index in [1.54, 1.807) is 17.2 Å². The van der Waals surface area contributed by atoms with Crippen LogP contribution < -0.4 is 5.32 Å². The summed E-state index contributed by atoms with van der Waals surface area (Å²) in [5.74, 6) is 0.143. The molecule has 0 bridgehead atoms. The standard InChI is InChI=1S/C15H18FN3O2/c1-2-3-8-19(11-13-5-4-9-21-13)15(20)18-12-6-7-14(16)17-10-12/h4-7,9-10H,2-3,8,11H2,1H3,(H,18,20). The number of carbonyl (C=O) groups excluding carboxylic acids is 1. The molecule has 2 amide bonds. The van der Waals surface area contributed by atoms with Gasteiger partial charge in [0.25, 0.3) is 0 Å². The monoisotopic (exact) mass is 291 g/mol. The number of amides is 2. The van der Waals surface area contributed by atoms with Crippen molar-refractivity contribution < 1.29 is 13.6 Å². The van der Waals surface area contributed by atoms with Crippen molar-refractivity contribution >= 4 is 11.7 Å². The van der Waals surface area contributed by atoms with E-state index >= 15 is 0 Å². The van der Waals surface area contributed by atoms with Gasteiger partial charge in [-0.25, -0.2) is 9.78 Å². The number of halogens is 1. The summed E-state index contributed by atoms with van der Waals surface area (Å²) >= 11 is 0. The summed E-state index contributed by atoms with van der Waals surface area (Å²) in [5.41, 5.74) is 0.461. The lowest BCUT2D eigenvalue weighted by molar-refractivity contribution is 0.203. The number of aromatic nitrogens is 1. The maximum atomic E-state index is 12.8. The third kappa shape index (κ3) is 4.59. The molecule has 0 aliphatic carbocycles. The summed E-state index contributed by atoms with van der Waals surface area (Å²) in [7, 11) is 0. The minimum absolute atomic E-state index is 0.256. The summed E-state index contributed by atoms with van der Waals surface area (Å²) < 4.78 is 18.0. The largest absolute Gasteiger partial charge is 0.467 e. The predicted octanol–water partition coefficient (Wildman–Crippen LogP) is 3.65. The van der Waals surface area contributed by atoms with Crippen molar-refractivity contribution in [1.29, 1.82) is 0 Å². The minimum atomic E-state index is -0.577. The second-order valence-electron chi connectivity index (χ2n) is 4.65. The molecular formula is C15H18FN3O2. The molecule has 1 N–H and O–H groups in total. The van der Waals surface area contributed by atoms with Crippen molar-refractivity contribution in [3.8, 4) is 0 Å². The number of hydrogen-bond acceptors (Lipinski definition) is 3. The average molecular weight is 291 g/mol. The van der Waals surface area contributed by atoms with Crippen LogP contribution in [0.5, 0.6) is 0 Å². The number of nitrogens with one attached hydrogen (secondary N) is 1. The Morgan fingerprint density at radius 2 is 2.29 bits per heavy atom. The quantitative estimate of drug-likeness (QED) is 0.826. The molecule has 2 heterocycles. The maximum absolute atomic E-state index is 12.8. The van der Waals surface area contributed by atoms with Crippen molar-refractivity contribution in [3.05, 3.63) is 48.4 Å². The Morgan fingerprint density at radius 3 is 2.90 bits per heavy atom. The molecular weight excluding hydrogens is 273 g/mol. The van der Waals surface area contributed by atoms with Crippen molar-refractivity contribution in [1.82, 2.24) is 9.88 Å². The van der Waals surface area contributed by atoms with Crippen LogP contribution in [-0.2, 0) is 6.54 Å². The van der Waals surface area contributed by atoms with Crippen LogP contribution in [0.2, 0.25) is 0 Å². The van der Waals surface area contributed by atoms with Crippen LogP contribution in [0.25, 0.3) is 0 Å². The average Bonchev–Trinajstić information content (AvgIpc) is 2.98. The number of furan rings is 1. The first-order valence-electron chi connectivity index (χ1n) is 6.89. The van der Waals surface area contributed by atoms with E-state index < -0.39 is 5.95 Å². The molecule has 0 saturated carbocycles. The van der Waals surface area contributed by atoms with Gasteiger partial charge in [0.05, 0.1) is 24.7 Å². The Morgan fingerprint density at radius 1 is 1.43 bits per heavy atom. The smallest absolute Gasteiger partial charge is 0.322 e. The van der Waals surface area contributed by atoms with Gasteiger partial charge in [0, 0.05) is 6.54 Å². The highest BCUT2D eigenvalue weighted by Gasteiger charge is 2.15. The SMILES string of the molecule is CCCCN(Cc1ccco1)C(=O)Nc1ccc(F)nc1. The highest BCUT2D eigenvalue weighted by atomic mass is 19.1. The molecule has 112 valence electrons. The predicted molar refractivity (Wildman–Crippen MR) is 77.2 cm³/mol. The van der Waals surface area contributed by atoms with Crippen molar-refractivity contribution in [2.24, 2.45) is 0 Å². The lowest BCUT2D eigenvalue weighted by Gasteiger charge is -2.21. The van der Waals surface area contributed by atoms with Gasteiger partial charge in [-0.15, -0.1) is 0 Å². The third-order valence-corrected chi connectivity index (χ3v) is 2.97. The summed E-state index contributed by atoms with van der Waals surface area (Å²) in [4.78, 5) is 17.5. The van der Waals surface area contributed by atoms with Crippen LogP contribution >= 0.6 is 0 Å². The Kier molecular flexibility index (Phi) is 5.31. The number of urea groups is 1. The molecule has 0 radical (unpaired) electrons. The number of nitrogens with zero attached hydrogens (tertiary/aromatic N) is 2. The molecule has 2 rings (SSSR count). The fourth-order valence-corrected chi connectivity index (χ4v) is 1.84. The summed E-state index contributed by atoms with van der Waals surface area (Å²) in [6.07, 6.45) is 4.75. The molecule has 0 aromatic carbocycles. The summed E-state index contributed by atoms with van der Waals surface area (Å²) in [6.45, 7) is 3.08. The Labute approximate surface area is 122 Å². The zero-order valence-electron chi connectivity index (χ0n) is 11.9. The summed E-state index contributed by atoms with van der Waals surface area (Å²) in [6, 6.07) is 6.04. The minimum Gasteiger partial charge on any atom is -0.467 e. The van der Waals surface area contributed by atoms with E-state index in [9.17, 15) is 9.18 Å². The van der Waals surface area contributed by atoms with Gasteiger partial charge in [-0.2, -0.15) is 4.39 Å². The van der Waals surface area contributed by atoms with Crippen molar-refractivity contribution in [2.45, 2.75) is 26.3 Å². The highest BCUT2D eigenvalue weighted by Crippen LogP contribution is 2.11. The molecule has 0 unspecified atom stereocenters. The molecule has 2 aromatic heterocycles. The van der Waals surface area contributed by atoms with Gasteiger partial charge in [0.15, 0.2) is 0 Å². The van der Waals surface area contributed by atoms with Crippen LogP contribution in [-0.4, -0.2) is 22.5 Å². The number of anilines is 1. The number of carbonyl (C=O) groups is 1. The van der Waals surface area contributed by atoms with E-state index in [1.807, 2.05) is 6.07 Å². The molecule has 5 nitrogen and oxygen atoms in total. The summed E-state index contributed by atoms with van der Waals surface area (Å²) in [5, 5.41) is 2.71. The van der Waals surface area contributed by atoms with E-state index in [-0.39, 0.29) is 6.03 Å². The topological polar surface area (TPSA) is 58.4 Å². The fourth-order valence-electron chi connectivity index (χ4n) is 1.84. The first-order chi connectivity index (χ1) is 10.2. The molecule has 2 aromatic rings. The Bertz CT molecular complexity index is 555.